The van der Waals surface area contributed by atoms with E-state index in [4.69, 9.17) is 4.55 Å². The third-order valence-electron chi connectivity index (χ3n) is 4.56. The molecule has 0 radical (unpaired) electrons. The molecule has 31 heavy (non-hydrogen) atoms. The van der Waals surface area contributed by atoms with Crippen LogP contribution in [0, 0.1) is 5.82 Å². The first-order valence-electron chi connectivity index (χ1n) is 8.99. The summed E-state index contributed by atoms with van der Waals surface area (Å²) in [5, 5.41) is 2.62. The zero-order valence-corrected chi connectivity index (χ0v) is 18.0. The molecule has 1 amide bonds. The largest absolute Gasteiger partial charge is 0.433 e. The summed E-state index contributed by atoms with van der Waals surface area (Å²) in [5.41, 5.74) is -0.436. The van der Waals surface area contributed by atoms with Gasteiger partial charge in [-0.25, -0.2) is 13.6 Å². The third kappa shape index (κ3) is 5.91. The van der Waals surface area contributed by atoms with Gasteiger partial charge in [-0.15, -0.1) is 0 Å². The molecule has 0 fully saturated rings. The lowest BCUT2D eigenvalue weighted by Crippen LogP contribution is -2.29. The van der Waals surface area contributed by atoms with Crippen molar-refractivity contribution in [1.82, 2.24) is 10.3 Å². The summed E-state index contributed by atoms with van der Waals surface area (Å²) in [6, 6.07) is 5.92. The second-order valence-corrected chi connectivity index (χ2v) is 7.96. The Morgan fingerprint density at radius 3 is 2.39 bits per heavy atom. The number of halogens is 4. The lowest BCUT2D eigenvalue weighted by Gasteiger charge is -2.20. The standard InChI is InChI=1S/C19H22F4N4O3S/c1-11(12-5-7-15(14(20)9-12)27(4)31(29)30)18(28)24-10-13-6-8-16(19(21,22)23)25-17(13)26(2)3/h5-9,11H,10H2,1-4H3,(H,24,28)(H,29,30). The van der Waals surface area contributed by atoms with Crippen LogP contribution in [0.1, 0.15) is 29.7 Å². The quantitative estimate of drug-likeness (QED) is 0.487. The molecule has 2 aromatic rings. The lowest BCUT2D eigenvalue weighted by molar-refractivity contribution is -0.141. The number of benzene rings is 1. The van der Waals surface area contributed by atoms with E-state index in [1.807, 2.05) is 0 Å². The van der Waals surface area contributed by atoms with Crippen molar-refractivity contribution >= 4 is 28.7 Å². The number of hydrogen-bond donors (Lipinski definition) is 2. The van der Waals surface area contributed by atoms with Crippen LogP contribution in [-0.2, 0) is 28.8 Å². The van der Waals surface area contributed by atoms with Crippen molar-refractivity contribution in [2.75, 3.05) is 30.3 Å². The highest BCUT2D eigenvalue weighted by Crippen LogP contribution is 2.30. The van der Waals surface area contributed by atoms with Crippen LogP contribution in [0.2, 0.25) is 0 Å². The zero-order chi connectivity index (χ0) is 23.5. The van der Waals surface area contributed by atoms with E-state index in [2.05, 4.69) is 10.3 Å². The fourth-order valence-electron chi connectivity index (χ4n) is 2.78. The van der Waals surface area contributed by atoms with Gasteiger partial charge in [-0.2, -0.15) is 13.2 Å². The molecule has 1 aromatic heterocycles. The predicted octanol–water partition coefficient (Wildman–Crippen LogP) is 3.30. The molecule has 0 aliphatic heterocycles. The van der Waals surface area contributed by atoms with Gasteiger partial charge in [0, 0.05) is 33.3 Å². The number of pyridine rings is 1. The zero-order valence-electron chi connectivity index (χ0n) is 17.2. The Balaban J connectivity index is 2.16. The van der Waals surface area contributed by atoms with Crippen LogP contribution in [0.4, 0.5) is 29.1 Å². The van der Waals surface area contributed by atoms with Crippen LogP contribution < -0.4 is 14.5 Å². The number of carbonyl (C=O) groups excluding carboxylic acids is 1. The molecule has 0 aliphatic carbocycles. The number of hydrogen-bond acceptors (Lipinski definition) is 4. The van der Waals surface area contributed by atoms with E-state index in [0.717, 1.165) is 16.4 Å². The first-order chi connectivity index (χ1) is 14.3. The molecule has 1 aromatic carbocycles. The lowest BCUT2D eigenvalue weighted by atomic mass is 9.99. The van der Waals surface area contributed by atoms with E-state index in [9.17, 15) is 26.6 Å². The highest BCUT2D eigenvalue weighted by Gasteiger charge is 2.33. The van der Waals surface area contributed by atoms with Crippen molar-refractivity contribution in [2.24, 2.45) is 0 Å². The normalized spacial score (nSPS) is 13.5. The fraction of sp³-hybridized carbons (Fsp3) is 0.368. The van der Waals surface area contributed by atoms with E-state index in [-0.39, 0.29) is 18.1 Å². The van der Waals surface area contributed by atoms with Gasteiger partial charge in [0.15, 0.2) is 0 Å². The van der Waals surface area contributed by atoms with Crippen LogP contribution >= 0.6 is 0 Å². The number of anilines is 2. The number of aromatic nitrogens is 1. The maximum absolute atomic E-state index is 14.3. The average molecular weight is 462 g/mol. The number of nitrogens with one attached hydrogen (secondary N) is 1. The summed E-state index contributed by atoms with van der Waals surface area (Å²) >= 11 is -2.40. The molecule has 0 aliphatic rings. The Kier molecular flexibility index (Phi) is 7.60. The second-order valence-electron chi connectivity index (χ2n) is 6.95. The fourth-order valence-corrected chi connectivity index (χ4v) is 3.10. The first kappa shape index (κ1) is 24.5. The Bertz CT molecular complexity index is 985. The molecule has 2 N–H and O–H groups in total. The number of alkyl halides is 3. The molecule has 0 saturated carbocycles. The minimum absolute atomic E-state index is 0.0678. The van der Waals surface area contributed by atoms with Gasteiger partial charge >= 0.3 is 6.18 Å². The Hall–Kier alpha value is -2.73. The third-order valence-corrected chi connectivity index (χ3v) is 5.23. The smallest absolute Gasteiger partial charge is 0.362 e. The molecular formula is C19H22F4N4O3S. The van der Waals surface area contributed by atoms with Gasteiger partial charge < -0.3 is 10.2 Å². The molecule has 2 rings (SSSR count). The Labute approximate surface area is 179 Å². The van der Waals surface area contributed by atoms with Gasteiger partial charge in [0.25, 0.3) is 11.3 Å². The molecule has 0 spiro atoms. The minimum Gasteiger partial charge on any atom is -0.362 e. The number of nitrogens with zero attached hydrogens (tertiary/aromatic N) is 3. The van der Waals surface area contributed by atoms with Gasteiger partial charge in [0.05, 0.1) is 11.6 Å². The molecule has 0 saturated heterocycles. The molecule has 170 valence electrons. The van der Waals surface area contributed by atoms with Gasteiger partial charge in [0.2, 0.25) is 5.91 Å². The van der Waals surface area contributed by atoms with Crippen LogP contribution in [-0.4, -0.2) is 40.8 Å². The van der Waals surface area contributed by atoms with Crippen molar-refractivity contribution < 1.29 is 31.1 Å². The second kappa shape index (κ2) is 9.60. The van der Waals surface area contributed by atoms with Crippen LogP contribution in [0.15, 0.2) is 30.3 Å². The average Bonchev–Trinajstić information content (AvgIpc) is 2.69. The van der Waals surface area contributed by atoms with Gasteiger partial charge in [-0.1, -0.05) is 12.1 Å². The Morgan fingerprint density at radius 2 is 1.87 bits per heavy atom. The molecule has 1 heterocycles. The summed E-state index contributed by atoms with van der Waals surface area (Å²) in [6.45, 7) is 1.46. The summed E-state index contributed by atoms with van der Waals surface area (Å²) in [4.78, 5) is 17.6. The minimum atomic E-state index is -4.59. The van der Waals surface area contributed by atoms with E-state index < -0.39 is 40.8 Å². The molecule has 0 bridgehead atoms. The first-order valence-corrected chi connectivity index (χ1v) is 10.1. The van der Waals surface area contributed by atoms with E-state index >= 15 is 0 Å². The maximum atomic E-state index is 14.3. The predicted molar refractivity (Wildman–Crippen MR) is 109 cm³/mol. The van der Waals surface area contributed by atoms with Crippen molar-refractivity contribution in [3.63, 3.8) is 0 Å². The van der Waals surface area contributed by atoms with Crippen LogP contribution in [0.25, 0.3) is 0 Å². The van der Waals surface area contributed by atoms with E-state index in [1.165, 1.54) is 51.2 Å². The van der Waals surface area contributed by atoms with Gasteiger partial charge in [-0.3, -0.25) is 13.7 Å². The maximum Gasteiger partial charge on any atom is 0.433 e. The Morgan fingerprint density at radius 1 is 1.23 bits per heavy atom. The molecule has 2 atom stereocenters. The monoisotopic (exact) mass is 462 g/mol. The molecule has 2 unspecified atom stereocenters. The van der Waals surface area contributed by atoms with E-state index in [1.54, 1.807) is 0 Å². The van der Waals surface area contributed by atoms with Crippen LogP contribution in [0.3, 0.4) is 0 Å². The summed E-state index contributed by atoms with van der Waals surface area (Å²) in [7, 11) is 4.32. The number of amides is 1. The SMILES string of the molecule is CC(C(=O)NCc1ccc(C(F)(F)F)nc1N(C)C)c1ccc(N(C)S(=O)O)c(F)c1. The van der Waals surface area contributed by atoms with Crippen molar-refractivity contribution in [3.05, 3.63) is 53.0 Å². The van der Waals surface area contributed by atoms with Crippen molar-refractivity contribution in [3.8, 4) is 0 Å². The van der Waals surface area contributed by atoms with Crippen molar-refractivity contribution in [1.29, 1.82) is 0 Å². The van der Waals surface area contributed by atoms with Gasteiger partial charge in [-0.05, 0) is 30.7 Å². The van der Waals surface area contributed by atoms with Crippen molar-refractivity contribution in [2.45, 2.75) is 25.6 Å². The summed E-state index contributed by atoms with van der Waals surface area (Å²) < 4.78 is 74.0. The highest BCUT2D eigenvalue weighted by molar-refractivity contribution is 7.80. The highest BCUT2D eigenvalue weighted by atomic mass is 32.2. The van der Waals surface area contributed by atoms with Crippen LogP contribution in [0.5, 0.6) is 0 Å². The molecular weight excluding hydrogens is 440 g/mol. The van der Waals surface area contributed by atoms with E-state index in [0.29, 0.717) is 11.1 Å². The number of carbonyl (C=O) groups is 1. The van der Waals surface area contributed by atoms with Gasteiger partial charge in [0.1, 0.15) is 17.3 Å². The molecule has 12 heteroatoms. The summed E-state index contributed by atoms with van der Waals surface area (Å²) in [6.07, 6.45) is -4.59. The topological polar surface area (TPSA) is 85.8 Å². The molecule has 7 nitrogen and oxygen atoms in total. The number of rotatable bonds is 7. The summed E-state index contributed by atoms with van der Waals surface area (Å²) in [5.74, 6) is -1.96.